The van der Waals surface area contributed by atoms with Crippen molar-refractivity contribution in [3.05, 3.63) is 229 Å². The summed E-state index contributed by atoms with van der Waals surface area (Å²) in [5.74, 6) is 0. The zero-order valence-corrected chi connectivity index (χ0v) is 33.7. The molecule has 0 fully saturated rings. The van der Waals surface area contributed by atoms with E-state index in [1.54, 1.807) is 0 Å². The lowest BCUT2D eigenvalue weighted by Crippen LogP contribution is -2.26. The smallest absolute Gasteiger partial charge is 0.0547 e. The molecule has 0 amide bonds. The maximum atomic E-state index is 2.52. The third-order valence-electron chi connectivity index (χ3n) is 13.4. The highest BCUT2D eigenvalue weighted by Gasteiger charge is 2.47. The first kappa shape index (κ1) is 33.7. The molecule has 0 N–H and O–H groups in total. The van der Waals surface area contributed by atoms with E-state index in [4.69, 9.17) is 0 Å². The average Bonchev–Trinajstić information content (AvgIpc) is 4.05. The van der Waals surface area contributed by atoms with E-state index in [0.29, 0.717) is 0 Å². The quantitative estimate of drug-likeness (QED) is 0.169. The van der Waals surface area contributed by atoms with Crippen LogP contribution in [0.25, 0.3) is 69.9 Å². The van der Waals surface area contributed by atoms with Crippen molar-refractivity contribution in [2.45, 2.75) is 18.3 Å². The van der Waals surface area contributed by atoms with Crippen LogP contribution in [0.3, 0.4) is 0 Å². The average molecular weight is 783 g/mol. The van der Waals surface area contributed by atoms with Crippen molar-refractivity contribution in [3.8, 4) is 27.9 Å². The van der Waals surface area contributed by atoms with Crippen LogP contribution in [0, 0.1) is 0 Å². The lowest BCUT2D eigenvalue weighted by Gasteiger charge is -2.30. The Morgan fingerprint density at radius 3 is 1.87 bits per heavy atom. The van der Waals surface area contributed by atoms with Crippen molar-refractivity contribution in [2.24, 2.45) is 0 Å². The molecule has 0 unspecified atom stereocenters. The van der Waals surface area contributed by atoms with E-state index in [0.717, 1.165) is 24.2 Å². The fourth-order valence-corrected chi connectivity index (χ4v) is 11.8. The van der Waals surface area contributed by atoms with E-state index in [-0.39, 0.29) is 5.41 Å². The topological polar surface area (TPSA) is 8.17 Å². The second-order valence-corrected chi connectivity index (χ2v) is 17.6. The number of hydrogen-bond acceptors (Lipinski definition) is 2. The molecule has 2 heterocycles. The Hall–Kier alpha value is -7.20. The van der Waals surface area contributed by atoms with Crippen molar-refractivity contribution in [2.75, 3.05) is 4.90 Å². The van der Waals surface area contributed by atoms with Gasteiger partial charge in [0.2, 0.25) is 0 Å². The zero-order valence-electron chi connectivity index (χ0n) is 32.8. The van der Waals surface area contributed by atoms with E-state index in [1.165, 1.54) is 97.9 Å². The van der Waals surface area contributed by atoms with Gasteiger partial charge in [-0.15, -0.1) is 11.3 Å². The van der Waals surface area contributed by atoms with Gasteiger partial charge in [-0.1, -0.05) is 133 Å². The summed E-state index contributed by atoms with van der Waals surface area (Å²) < 4.78 is 5.03. The summed E-state index contributed by atoms with van der Waals surface area (Å²) in [4.78, 5) is 2.48. The van der Waals surface area contributed by atoms with Crippen LogP contribution in [0.1, 0.15) is 22.3 Å². The molecule has 2 nitrogen and oxygen atoms in total. The summed E-state index contributed by atoms with van der Waals surface area (Å²) in [5.41, 5.74) is 17.9. The van der Waals surface area contributed by atoms with Gasteiger partial charge in [0.1, 0.15) is 0 Å². The number of fused-ring (bicyclic) bond motifs is 12. The van der Waals surface area contributed by atoms with Crippen molar-refractivity contribution < 1.29 is 0 Å². The molecule has 13 rings (SSSR count). The van der Waals surface area contributed by atoms with Crippen LogP contribution in [0.15, 0.2) is 206 Å². The number of hydrogen-bond donors (Lipinski definition) is 0. The number of nitrogens with zero attached hydrogens (tertiary/aromatic N) is 2. The van der Waals surface area contributed by atoms with Crippen LogP contribution in [-0.4, -0.2) is 4.57 Å². The molecule has 282 valence electrons. The first-order valence-corrected chi connectivity index (χ1v) is 21.7. The predicted molar refractivity (Wildman–Crippen MR) is 254 cm³/mol. The summed E-state index contributed by atoms with van der Waals surface area (Å²) in [6.07, 6.45) is 2.04. The minimum Gasteiger partial charge on any atom is -0.310 e. The van der Waals surface area contributed by atoms with Gasteiger partial charge >= 0.3 is 0 Å². The predicted octanol–water partition coefficient (Wildman–Crippen LogP) is 15.4. The molecule has 2 aromatic heterocycles. The van der Waals surface area contributed by atoms with E-state index in [2.05, 4.69) is 216 Å². The van der Waals surface area contributed by atoms with E-state index >= 15 is 0 Å². The lowest BCUT2D eigenvalue weighted by molar-refractivity contribution is 0.563. The molecule has 1 spiro atoms. The zero-order chi connectivity index (χ0) is 39.4. The van der Waals surface area contributed by atoms with E-state index in [1.807, 2.05) is 11.3 Å². The fraction of sp³-hybridized carbons (Fsp3) is 0.0526. The van der Waals surface area contributed by atoms with Crippen LogP contribution in [0.2, 0.25) is 0 Å². The molecular formula is C57H38N2S. The Balaban J connectivity index is 0.969. The highest BCUT2D eigenvalue weighted by atomic mass is 32.1. The van der Waals surface area contributed by atoms with Crippen LogP contribution >= 0.6 is 11.3 Å². The van der Waals surface area contributed by atoms with E-state index in [9.17, 15) is 0 Å². The molecule has 0 bridgehead atoms. The molecule has 3 heteroatoms. The standard InChI is InChI=1S/C57H38N2S/c1-2-14-41(15-3-1)59-53-20-10-7-17-47(53)48-29-24-38(32-54(48)59)37-22-25-42(26-23-37)58(43-28-31-56-50(33-43)49-18-8-11-21-55(49)60-56)44-27-30-46-45-16-6-9-19-51(45)57(52(46)34-44)35-39-12-4-5-13-40(39)36-57/h1-34H,35-36H2. The number of para-hydroxylation sites is 2. The van der Waals surface area contributed by atoms with Crippen LogP contribution < -0.4 is 4.90 Å². The Kier molecular flexibility index (Phi) is 7.25. The minimum absolute atomic E-state index is 0.0878. The van der Waals surface area contributed by atoms with Gasteiger partial charge < -0.3 is 9.47 Å². The first-order valence-electron chi connectivity index (χ1n) is 20.9. The van der Waals surface area contributed by atoms with Gasteiger partial charge in [-0.05, 0) is 130 Å². The number of anilines is 3. The fourth-order valence-electron chi connectivity index (χ4n) is 10.7. The van der Waals surface area contributed by atoms with Gasteiger partial charge in [0.15, 0.2) is 0 Å². The second kappa shape index (κ2) is 12.9. The molecule has 60 heavy (non-hydrogen) atoms. The molecule has 0 radical (unpaired) electrons. The van der Waals surface area contributed by atoms with Crippen molar-refractivity contribution in [1.29, 1.82) is 0 Å². The number of aromatic nitrogens is 1. The summed E-state index contributed by atoms with van der Waals surface area (Å²) in [6.45, 7) is 0. The highest BCUT2D eigenvalue weighted by molar-refractivity contribution is 7.25. The van der Waals surface area contributed by atoms with E-state index < -0.39 is 0 Å². The highest BCUT2D eigenvalue weighted by Crippen LogP contribution is 2.56. The van der Waals surface area contributed by atoms with Crippen molar-refractivity contribution in [1.82, 2.24) is 4.57 Å². The van der Waals surface area contributed by atoms with Gasteiger partial charge in [0.25, 0.3) is 0 Å². The molecule has 2 aliphatic rings. The number of benzene rings is 9. The molecular weight excluding hydrogens is 745 g/mol. The van der Waals surface area contributed by atoms with Gasteiger partial charge in [-0.3, -0.25) is 0 Å². The monoisotopic (exact) mass is 782 g/mol. The maximum absolute atomic E-state index is 2.52. The molecule has 0 atom stereocenters. The summed E-state index contributed by atoms with van der Waals surface area (Å²) in [7, 11) is 0. The minimum atomic E-state index is -0.0878. The Bertz CT molecular complexity index is 3470. The summed E-state index contributed by atoms with van der Waals surface area (Å²) >= 11 is 1.87. The molecule has 0 saturated heterocycles. The summed E-state index contributed by atoms with van der Waals surface area (Å²) in [6, 6.07) is 76.9. The molecule has 2 aliphatic carbocycles. The van der Waals surface area contributed by atoms with Gasteiger partial charge in [-0.2, -0.15) is 0 Å². The Labute approximate surface area is 352 Å². The Morgan fingerprint density at radius 1 is 0.400 bits per heavy atom. The van der Waals surface area contributed by atoms with Crippen molar-refractivity contribution in [3.63, 3.8) is 0 Å². The normalized spacial score (nSPS) is 13.7. The van der Waals surface area contributed by atoms with Gasteiger partial charge in [0, 0.05) is 59.1 Å². The third-order valence-corrected chi connectivity index (χ3v) is 14.5. The lowest BCUT2D eigenvalue weighted by atomic mass is 9.75. The Morgan fingerprint density at radius 2 is 1.02 bits per heavy atom. The van der Waals surface area contributed by atoms with Crippen LogP contribution in [0.4, 0.5) is 17.1 Å². The maximum Gasteiger partial charge on any atom is 0.0547 e. The van der Waals surface area contributed by atoms with Gasteiger partial charge in [0.05, 0.1) is 11.0 Å². The second-order valence-electron chi connectivity index (χ2n) is 16.6. The molecule has 9 aromatic carbocycles. The molecule has 11 aromatic rings. The number of rotatable bonds is 5. The van der Waals surface area contributed by atoms with Crippen LogP contribution in [-0.2, 0) is 18.3 Å². The largest absolute Gasteiger partial charge is 0.310 e. The van der Waals surface area contributed by atoms with Gasteiger partial charge in [-0.25, -0.2) is 0 Å². The SMILES string of the molecule is c1ccc(-n2c3ccccc3c3ccc(-c4ccc(N(c5ccc6c(c5)C5(Cc7ccccc7C5)c5ccccc5-6)c5ccc6sc7ccccc7c6c5)cc4)cc32)cc1. The first-order chi connectivity index (χ1) is 29.7. The third kappa shape index (κ3) is 4.93. The number of thiophene rings is 1. The molecule has 0 saturated carbocycles. The van der Waals surface area contributed by atoms with Crippen LogP contribution in [0.5, 0.6) is 0 Å². The van der Waals surface area contributed by atoms with Crippen molar-refractivity contribution >= 4 is 70.4 Å². The summed E-state index contributed by atoms with van der Waals surface area (Å²) in [5, 5.41) is 5.14. The molecule has 0 aliphatic heterocycles.